The molecule has 0 atom stereocenters. The van der Waals surface area contributed by atoms with Crippen molar-refractivity contribution in [1.82, 2.24) is 9.97 Å². The number of benzene rings is 1. The number of aromatic nitrogens is 2. The molecule has 2 rings (SSSR count). The van der Waals surface area contributed by atoms with Crippen LogP contribution in [0.15, 0.2) is 30.3 Å². The zero-order valence-electron chi connectivity index (χ0n) is 10.8. The molecule has 110 valence electrons. The van der Waals surface area contributed by atoms with Crippen LogP contribution in [0.25, 0.3) is 0 Å². The molecule has 0 bridgehead atoms. The summed E-state index contributed by atoms with van der Waals surface area (Å²) in [5.41, 5.74) is 5.25. The Hall–Kier alpha value is -2.22. The van der Waals surface area contributed by atoms with Gasteiger partial charge in [-0.25, -0.2) is 4.98 Å². The van der Waals surface area contributed by atoms with Gasteiger partial charge in [-0.1, -0.05) is 24.4 Å². The van der Waals surface area contributed by atoms with Crippen LogP contribution in [-0.4, -0.2) is 15.0 Å². The third kappa shape index (κ3) is 3.66. The predicted molar refractivity (Wildman–Crippen MR) is 74.2 cm³/mol. The van der Waals surface area contributed by atoms with Crippen molar-refractivity contribution in [3.8, 4) is 11.8 Å². The second kappa shape index (κ2) is 5.65. The Morgan fingerprint density at radius 1 is 1.24 bits per heavy atom. The maximum Gasteiger partial charge on any atom is 0.419 e. The fraction of sp³-hybridized carbons (Fsp3) is 0.154. The molecule has 0 saturated heterocycles. The van der Waals surface area contributed by atoms with E-state index >= 15 is 0 Å². The van der Waals surface area contributed by atoms with Crippen molar-refractivity contribution in [1.29, 1.82) is 0 Å². The standard InChI is InChI=1S/C13H10F3N3OS/c1-7-6-9(11(17)21)19-12(18-7)20-10-5-3-2-4-8(10)13(14,15)16/h2-6H,1H3,(H2,17,21). The van der Waals surface area contributed by atoms with Crippen LogP contribution in [0.3, 0.4) is 0 Å². The van der Waals surface area contributed by atoms with Crippen molar-refractivity contribution >= 4 is 17.2 Å². The quantitative estimate of drug-likeness (QED) is 0.882. The summed E-state index contributed by atoms with van der Waals surface area (Å²) in [5, 5.41) is 0. The number of para-hydroxylation sites is 1. The van der Waals surface area contributed by atoms with E-state index in [0.29, 0.717) is 5.69 Å². The van der Waals surface area contributed by atoms with Gasteiger partial charge in [0.15, 0.2) is 0 Å². The molecule has 0 spiro atoms. The van der Waals surface area contributed by atoms with E-state index in [0.717, 1.165) is 6.07 Å². The van der Waals surface area contributed by atoms with Gasteiger partial charge in [0.1, 0.15) is 16.4 Å². The number of hydrogen-bond donors (Lipinski definition) is 1. The number of nitrogens with two attached hydrogens (primary N) is 1. The molecule has 0 fully saturated rings. The molecule has 0 saturated carbocycles. The van der Waals surface area contributed by atoms with Crippen LogP contribution in [0.1, 0.15) is 17.0 Å². The molecule has 21 heavy (non-hydrogen) atoms. The van der Waals surface area contributed by atoms with E-state index < -0.39 is 11.7 Å². The predicted octanol–water partition coefficient (Wildman–Crippen LogP) is 3.23. The van der Waals surface area contributed by atoms with Crippen molar-refractivity contribution in [2.75, 3.05) is 0 Å². The molecule has 2 aromatic rings. The van der Waals surface area contributed by atoms with Crippen LogP contribution in [0.5, 0.6) is 11.8 Å². The van der Waals surface area contributed by atoms with Gasteiger partial charge in [0, 0.05) is 5.69 Å². The van der Waals surface area contributed by atoms with E-state index in [1.807, 2.05) is 0 Å². The first-order valence-corrected chi connectivity index (χ1v) is 6.18. The summed E-state index contributed by atoms with van der Waals surface area (Å²) < 4.78 is 43.8. The molecule has 0 amide bonds. The van der Waals surface area contributed by atoms with Gasteiger partial charge in [-0.2, -0.15) is 18.2 Å². The lowest BCUT2D eigenvalue weighted by molar-refractivity contribution is -0.138. The van der Waals surface area contributed by atoms with Crippen LogP contribution in [0.4, 0.5) is 13.2 Å². The minimum Gasteiger partial charge on any atom is -0.424 e. The van der Waals surface area contributed by atoms with Gasteiger partial charge < -0.3 is 10.5 Å². The summed E-state index contributed by atoms with van der Waals surface area (Å²) in [7, 11) is 0. The van der Waals surface area contributed by atoms with E-state index in [1.54, 1.807) is 6.92 Å². The summed E-state index contributed by atoms with van der Waals surface area (Å²) in [6, 6.07) is 6.08. The van der Waals surface area contributed by atoms with Gasteiger partial charge in [-0.05, 0) is 25.1 Å². The largest absolute Gasteiger partial charge is 0.424 e. The van der Waals surface area contributed by atoms with Crippen LogP contribution in [0, 0.1) is 6.92 Å². The summed E-state index contributed by atoms with van der Waals surface area (Å²) in [5.74, 6) is -0.385. The summed E-state index contributed by atoms with van der Waals surface area (Å²) in [6.45, 7) is 1.63. The molecule has 1 aromatic heterocycles. The molecule has 8 heteroatoms. The minimum atomic E-state index is -4.54. The second-order valence-corrected chi connectivity index (χ2v) is 4.58. The highest BCUT2D eigenvalue weighted by Gasteiger charge is 2.34. The van der Waals surface area contributed by atoms with E-state index in [2.05, 4.69) is 9.97 Å². The van der Waals surface area contributed by atoms with Crippen molar-refractivity contribution in [2.24, 2.45) is 5.73 Å². The average Bonchev–Trinajstić information content (AvgIpc) is 2.37. The second-order valence-electron chi connectivity index (χ2n) is 4.14. The third-order valence-corrected chi connectivity index (χ3v) is 2.69. The number of thiocarbonyl (C=S) groups is 1. The highest BCUT2D eigenvalue weighted by Crippen LogP contribution is 2.37. The molecule has 1 aromatic carbocycles. The van der Waals surface area contributed by atoms with E-state index in [1.165, 1.54) is 24.3 Å². The van der Waals surface area contributed by atoms with E-state index in [9.17, 15) is 13.2 Å². The maximum absolute atomic E-state index is 12.9. The molecule has 0 aliphatic carbocycles. The Kier molecular flexibility index (Phi) is 4.08. The first kappa shape index (κ1) is 15.2. The van der Waals surface area contributed by atoms with Gasteiger partial charge in [0.05, 0.1) is 5.56 Å². The van der Waals surface area contributed by atoms with Crippen molar-refractivity contribution in [3.63, 3.8) is 0 Å². The Morgan fingerprint density at radius 3 is 2.52 bits per heavy atom. The first-order valence-electron chi connectivity index (χ1n) is 5.77. The lowest BCUT2D eigenvalue weighted by Gasteiger charge is -2.12. The van der Waals surface area contributed by atoms with Gasteiger partial charge in [-0.3, -0.25) is 0 Å². The fourth-order valence-corrected chi connectivity index (χ4v) is 1.71. The van der Waals surface area contributed by atoms with Crippen LogP contribution < -0.4 is 10.5 Å². The Balaban J connectivity index is 2.42. The molecular formula is C13H10F3N3OS. The molecule has 0 radical (unpaired) electrons. The molecule has 0 aliphatic rings. The van der Waals surface area contributed by atoms with E-state index in [4.69, 9.17) is 22.7 Å². The smallest absolute Gasteiger partial charge is 0.419 e. The fourth-order valence-electron chi connectivity index (χ4n) is 1.60. The maximum atomic E-state index is 12.9. The van der Waals surface area contributed by atoms with Gasteiger partial charge in [0.25, 0.3) is 0 Å². The summed E-state index contributed by atoms with van der Waals surface area (Å²) >= 11 is 4.78. The SMILES string of the molecule is Cc1cc(C(N)=S)nc(Oc2ccccc2C(F)(F)F)n1. The van der Waals surface area contributed by atoms with E-state index in [-0.39, 0.29) is 22.4 Å². The van der Waals surface area contributed by atoms with Crippen LogP contribution >= 0.6 is 12.2 Å². The lowest BCUT2D eigenvalue weighted by atomic mass is 10.2. The molecule has 4 nitrogen and oxygen atoms in total. The monoisotopic (exact) mass is 313 g/mol. The summed E-state index contributed by atoms with van der Waals surface area (Å²) in [4.78, 5) is 7.81. The number of ether oxygens (including phenoxy) is 1. The van der Waals surface area contributed by atoms with Crippen molar-refractivity contribution in [3.05, 3.63) is 47.3 Å². The average molecular weight is 313 g/mol. The first-order chi connectivity index (χ1) is 9.77. The minimum absolute atomic E-state index is 0.00876. The number of nitrogens with zero attached hydrogens (tertiary/aromatic N) is 2. The number of alkyl halides is 3. The summed E-state index contributed by atoms with van der Waals surface area (Å²) in [6.07, 6.45) is -4.54. The van der Waals surface area contributed by atoms with Gasteiger partial charge >= 0.3 is 12.2 Å². The Morgan fingerprint density at radius 2 is 1.90 bits per heavy atom. The van der Waals surface area contributed by atoms with Crippen molar-refractivity contribution in [2.45, 2.75) is 13.1 Å². The number of halogens is 3. The third-order valence-electron chi connectivity index (χ3n) is 2.48. The van der Waals surface area contributed by atoms with Crippen LogP contribution in [-0.2, 0) is 6.18 Å². The lowest BCUT2D eigenvalue weighted by Crippen LogP contribution is -2.13. The highest BCUT2D eigenvalue weighted by molar-refractivity contribution is 7.80. The molecular weight excluding hydrogens is 303 g/mol. The molecule has 2 N–H and O–H groups in total. The normalized spacial score (nSPS) is 11.2. The zero-order chi connectivity index (χ0) is 15.6. The zero-order valence-corrected chi connectivity index (χ0v) is 11.6. The Labute approximate surface area is 123 Å². The van der Waals surface area contributed by atoms with Crippen LogP contribution in [0.2, 0.25) is 0 Å². The number of rotatable bonds is 3. The number of hydrogen-bond acceptors (Lipinski definition) is 4. The number of aryl methyl sites for hydroxylation is 1. The van der Waals surface area contributed by atoms with Crippen molar-refractivity contribution < 1.29 is 17.9 Å². The van der Waals surface area contributed by atoms with Gasteiger partial charge in [0.2, 0.25) is 0 Å². The molecule has 0 aliphatic heterocycles. The topological polar surface area (TPSA) is 61.0 Å². The highest BCUT2D eigenvalue weighted by atomic mass is 32.1. The molecule has 0 unspecified atom stereocenters. The molecule has 1 heterocycles. The van der Waals surface area contributed by atoms with Gasteiger partial charge in [-0.15, -0.1) is 0 Å². The Bertz CT molecular complexity index is 689.